The van der Waals surface area contributed by atoms with E-state index in [4.69, 9.17) is 28.9 Å². The summed E-state index contributed by atoms with van der Waals surface area (Å²) in [5, 5.41) is 1.10. The van der Waals surface area contributed by atoms with Gasteiger partial charge in [-0.05, 0) is 36.9 Å². The molecule has 0 aliphatic rings. The molecule has 0 amide bonds. The Balaban J connectivity index is 2.11. The van der Waals surface area contributed by atoms with Crippen LogP contribution in [0.25, 0.3) is 11.3 Å². The average molecular weight is 326 g/mol. The van der Waals surface area contributed by atoms with Gasteiger partial charge in [-0.3, -0.25) is 0 Å². The van der Waals surface area contributed by atoms with E-state index in [9.17, 15) is 0 Å². The maximum atomic E-state index is 6.05. The van der Waals surface area contributed by atoms with E-state index in [0.29, 0.717) is 28.4 Å². The molecule has 1 aromatic carbocycles. The van der Waals surface area contributed by atoms with Crippen molar-refractivity contribution in [2.45, 2.75) is 26.7 Å². The van der Waals surface area contributed by atoms with Gasteiger partial charge in [0.1, 0.15) is 5.82 Å². The van der Waals surface area contributed by atoms with Crippen molar-refractivity contribution < 1.29 is 0 Å². The molecule has 0 aliphatic heterocycles. The average Bonchev–Trinajstić information content (AvgIpc) is 2.89. The molecule has 1 heterocycles. The van der Waals surface area contributed by atoms with Crippen LogP contribution in [0, 0.1) is 11.8 Å². The molecule has 21 heavy (non-hydrogen) atoms. The minimum absolute atomic E-state index is 0.456. The molecule has 3 N–H and O–H groups in total. The van der Waals surface area contributed by atoms with Gasteiger partial charge >= 0.3 is 0 Å². The fraction of sp³-hybridized carbons (Fsp3) is 0.438. The maximum Gasteiger partial charge on any atom is 0.106 e. The van der Waals surface area contributed by atoms with Crippen LogP contribution in [-0.2, 0) is 6.42 Å². The number of aromatic amines is 1. The molecule has 1 atom stereocenters. The molecule has 0 bridgehead atoms. The number of aromatic nitrogens is 2. The zero-order chi connectivity index (χ0) is 15.4. The third-order valence-electron chi connectivity index (χ3n) is 3.48. The topological polar surface area (TPSA) is 54.7 Å². The van der Waals surface area contributed by atoms with Crippen LogP contribution in [0.1, 0.15) is 26.1 Å². The summed E-state index contributed by atoms with van der Waals surface area (Å²) in [6.45, 7) is 5.11. The minimum atomic E-state index is 0.456. The van der Waals surface area contributed by atoms with Gasteiger partial charge in [0.05, 0.1) is 21.9 Å². The molecule has 1 aromatic heterocycles. The van der Waals surface area contributed by atoms with Crippen LogP contribution in [0.15, 0.2) is 24.4 Å². The second-order valence-corrected chi connectivity index (χ2v) is 6.62. The second-order valence-electron chi connectivity index (χ2n) is 5.81. The standard InChI is InChI=1S/C16H21Cl2N3/c1-10(2)5-11(8-19)6-16-20-9-15(21-16)12-3-4-13(17)14(18)7-12/h3-4,7,9-11H,5-6,8,19H2,1-2H3,(H,20,21). The predicted octanol–water partition coefficient (Wildman–Crippen LogP) is 4.55. The van der Waals surface area contributed by atoms with E-state index in [1.165, 1.54) is 0 Å². The van der Waals surface area contributed by atoms with Crippen molar-refractivity contribution in [3.63, 3.8) is 0 Å². The summed E-state index contributed by atoms with van der Waals surface area (Å²) in [4.78, 5) is 7.80. The highest BCUT2D eigenvalue weighted by Gasteiger charge is 2.13. The smallest absolute Gasteiger partial charge is 0.106 e. The Hall–Kier alpha value is -1.03. The molecule has 114 valence electrons. The number of imidazole rings is 1. The van der Waals surface area contributed by atoms with E-state index < -0.39 is 0 Å². The van der Waals surface area contributed by atoms with Gasteiger partial charge in [0, 0.05) is 12.0 Å². The van der Waals surface area contributed by atoms with Crippen LogP contribution in [0.3, 0.4) is 0 Å². The van der Waals surface area contributed by atoms with Gasteiger partial charge in [-0.25, -0.2) is 4.98 Å². The van der Waals surface area contributed by atoms with Crippen LogP contribution < -0.4 is 5.73 Å². The molecule has 0 fully saturated rings. The lowest BCUT2D eigenvalue weighted by Crippen LogP contribution is -2.19. The summed E-state index contributed by atoms with van der Waals surface area (Å²) >= 11 is 12.0. The molecule has 0 saturated carbocycles. The molecule has 3 nitrogen and oxygen atoms in total. The first-order valence-corrected chi connectivity index (χ1v) is 7.94. The Morgan fingerprint density at radius 1 is 1.24 bits per heavy atom. The monoisotopic (exact) mass is 325 g/mol. The van der Waals surface area contributed by atoms with Gasteiger partial charge in [-0.1, -0.05) is 43.1 Å². The predicted molar refractivity (Wildman–Crippen MR) is 89.7 cm³/mol. The highest BCUT2D eigenvalue weighted by Crippen LogP contribution is 2.28. The number of hydrogen-bond acceptors (Lipinski definition) is 2. The number of nitrogens with zero attached hydrogens (tertiary/aromatic N) is 1. The Morgan fingerprint density at radius 2 is 2.00 bits per heavy atom. The lowest BCUT2D eigenvalue weighted by atomic mass is 9.94. The van der Waals surface area contributed by atoms with E-state index in [1.54, 1.807) is 6.07 Å². The molecule has 5 heteroatoms. The van der Waals surface area contributed by atoms with Crippen molar-refractivity contribution >= 4 is 23.2 Å². The Kier molecular flexibility index (Phi) is 5.68. The first-order valence-electron chi connectivity index (χ1n) is 7.19. The van der Waals surface area contributed by atoms with E-state index in [2.05, 4.69) is 23.8 Å². The molecular weight excluding hydrogens is 305 g/mol. The van der Waals surface area contributed by atoms with E-state index >= 15 is 0 Å². The summed E-state index contributed by atoms with van der Waals surface area (Å²) in [6.07, 6.45) is 3.81. The van der Waals surface area contributed by atoms with Crippen LogP contribution in [0.5, 0.6) is 0 Å². The summed E-state index contributed by atoms with van der Waals surface area (Å²) < 4.78 is 0. The maximum absolute atomic E-state index is 6.05. The molecule has 1 unspecified atom stereocenters. The molecule has 2 rings (SSSR count). The Bertz CT molecular complexity index is 593. The Morgan fingerprint density at radius 3 is 2.62 bits per heavy atom. The molecule has 2 aromatic rings. The summed E-state index contributed by atoms with van der Waals surface area (Å²) in [5.41, 5.74) is 7.78. The highest BCUT2D eigenvalue weighted by atomic mass is 35.5. The van der Waals surface area contributed by atoms with E-state index in [0.717, 1.165) is 29.9 Å². The highest BCUT2D eigenvalue weighted by molar-refractivity contribution is 6.42. The van der Waals surface area contributed by atoms with Crippen LogP contribution in [0.4, 0.5) is 0 Å². The first kappa shape index (κ1) is 16.3. The molecule has 0 spiro atoms. The minimum Gasteiger partial charge on any atom is -0.342 e. The van der Waals surface area contributed by atoms with Gasteiger partial charge in [-0.15, -0.1) is 0 Å². The molecule has 0 saturated heterocycles. The Labute approximate surface area is 135 Å². The van der Waals surface area contributed by atoms with Gasteiger partial charge < -0.3 is 10.7 Å². The number of hydrogen-bond donors (Lipinski definition) is 2. The van der Waals surface area contributed by atoms with Crippen molar-refractivity contribution in [3.8, 4) is 11.3 Å². The lowest BCUT2D eigenvalue weighted by molar-refractivity contribution is 0.409. The van der Waals surface area contributed by atoms with Gasteiger partial charge in [0.2, 0.25) is 0 Å². The fourth-order valence-corrected chi connectivity index (χ4v) is 2.78. The van der Waals surface area contributed by atoms with Crippen LogP contribution >= 0.6 is 23.2 Å². The number of halogens is 2. The third-order valence-corrected chi connectivity index (χ3v) is 4.22. The number of nitrogens with one attached hydrogen (secondary N) is 1. The van der Waals surface area contributed by atoms with Crippen molar-refractivity contribution in [3.05, 3.63) is 40.3 Å². The lowest BCUT2D eigenvalue weighted by Gasteiger charge is -2.15. The van der Waals surface area contributed by atoms with E-state index in [-0.39, 0.29) is 0 Å². The largest absolute Gasteiger partial charge is 0.342 e. The van der Waals surface area contributed by atoms with Gasteiger partial charge in [0.25, 0.3) is 0 Å². The number of rotatable bonds is 6. The van der Waals surface area contributed by atoms with Crippen molar-refractivity contribution in [1.82, 2.24) is 9.97 Å². The SMILES string of the molecule is CC(C)CC(CN)Cc1ncc(-c2ccc(Cl)c(Cl)c2)[nH]1. The zero-order valence-corrected chi connectivity index (χ0v) is 13.9. The zero-order valence-electron chi connectivity index (χ0n) is 12.4. The quantitative estimate of drug-likeness (QED) is 0.818. The summed E-state index contributed by atoms with van der Waals surface area (Å²) in [5.74, 6) is 2.06. The molecule has 0 radical (unpaired) electrons. The normalized spacial score (nSPS) is 12.9. The van der Waals surface area contributed by atoms with Gasteiger partial charge in [-0.2, -0.15) is 0 Å². The number of benzene rings is 1. The van der Waals surface area contributed by atoms with Crippen molar-refractivity contribution in [1.29, 1.82) is 0 Å². The van der Waals surface area contributed by atoms with Crippen molar-refractivity contribution in [2.24, 2.45) is 17.6 Å². The fourth-order valence-electron chi connectivity index (χ4n) is 2.48. The van der Waals surface area contributed by atoms with Crippen LogP contribution in [-0.4, -0.2) is 16.5 Å². The molecule has 0 aliphatic carbocycles. The number of nitrogens with two attached hydrogens (primary N) is 1. The summed E-state index contributed by atoms with van der Waals surface area (Å²) in [6, 6.07) is 5.57. The molecular formula is C16H21Cl2N3. The first-order chi connectivity index (χ1) is 9.99. The summed E-state index contributed by atoms with van der Waals surface area (Å²) in [7, 11) is 0. The number of H-pyrrole nitrogens is 1. The third kappa shape index (κ3) is 4.47. The second kappa shape index (κ2) is 7.30. The van der Waals surface area contributed by atoms with Crippen molar-refractivity contribution in [2.75, 3.05) is 6.54 Å². The van der Waals surface area contributed by atoms with E-state index in [1.807, 2.05) is 18.3 Å². The van der Waals surface area contributed by atoms with Gasteiger partial charge in [0.15, 0.2) is 0 Å². The van der Waals surface area contributed by atoms with Crippen LogP contribution in [0.2, 0.25) is 10.0 Å².